The molecular formula is C15H20N2O4. The second-order valence-electron chi connectivity index (χ2n) is 5.55. The highest BCUT2D eigenvalue weighted by atomic mass is 16.5. The third-order valence-corrected chi connectivity index (χ3v) is 3.93. The molecular weight excluding hydrogens is 272 g/mol. The Kier molecular flexibility index (Phi) is 4.77. The average Bonchev–Trinajstić information content (AvgIpc) is 2.87. The number of carboxylic acid groups (broad SMARTS) is 1. The highest BCUT2D eigenvalue weighted by Gasteiger charge is 2.40. The predicted octanol–water partition coefficient (Wildman–Crippen LogP) is 1.45. The van der Waals surface area contributed by atoms with Gasteiger partial charge in [-0.25, -0.2) is 4.98 Å². The van der Waals surface area contributed by atoms with E-state index >= 15 is 0 Å². The van der Waals surface area contributed by atoms with E-state index in [1.807, 2.05) is 13.0 Å². The lowest BCUT2D eigenvalue weighted by atomic mass is 9.95. The van der Waals surface area contributed by atoms with Gasteiger partial charge in [-0.15, -0.1) is 0 Å². The summed E-state index contributed by atoms with van der Waals surface area (Å²) in [6.07, 6.45) is 2.83. The molecule has 6 heteroatoms. The Labute approximate surface area is 123 Å². The molecule has 1 amide bonds. The number of aromatic nitrogens is 1. The van der Waals surface area contributed by atoms with Crippen LogP contribution in [0, 0.1) is 17.8 Å². The Balaban J connectivity index is 1.92. The number of carboxylic acids is 1. The van der Waals surface area contributed by atoms with Crippen LogP contribution in [0.4, 0.5) is 0 Å². The average molecular weight is 292 g/mol. The standard InChI is InChI=1S/C15H20N2O4/c1-9-5-11(12(6-9)15(19)20)14(18)17-8-10-3-4-13(21-2)16-7-10/h3-4,7,9,11-12H,5-6,8H2,1-2H3,(H,17,18)(H,19,20). The fraction of sp³-hybridized carbons (Fsp3) is 0.533. The van der Waals surface area contributed by atoms with E-state index in [0.29, 0.717) is 25.3 Å². The highest BCUT2D eigenvalue weighted by Crippen LogP contribution is 2.36. The molecule has 21 heavy (non-hydrogen) atoms. The molecule has 0 bridgehead atoms. The van der Waals surface area contributed by atoms with Gasteiger partial charge in [-0.05, 0) is 24.3 Å². The summed E-state index contributed by atoms with van der Waals surface area (Å²) in [5, 5.41) is 12.0. The number of aliphatic carboxylic acids is 1. The predicted molar refractivity (Wildman–Crippen MR) is 75.6 cm³/mol. The number of hydrogen-bond acceptors (Lipinski definition) is 4. The van der Waals surface area contributed by atoms with Crippen molar-refractivity contribution in [1.29, 1.82) is 0 Å². The van der Waals surface area contributed by atoms with Crippen LogP contribution in [-0.4, -0.2) is 29.1 Å². The molecule has 1 aromatic heterocycles. The molecule has 1 aromatic rings. The maximum Gasteiger partial charge on any atom is 0.307 e. The monoisotopic (exact) mass is 292 g/mol. The van der Waals surface area contributed by atoms with Gasteiger partial charge in [0.25, 0.3) is 0 Å². The van der Waals surface area contributed by atoms with Crippen LogP contribution in [0.15, 0.2) is 18.3 Å². The van der Waals surface area contributed by atoms with Crippen molar-refractivity contribution >= 4 is 11.9 Å². The minimum atomic E-state index is -0.884. The Morgan fingerprint density at radius 3 is 2.67 bits per heavy atom. The van der Waals surface area contributed by atoms with Crippen LogP contribution in [0.25, 0.3) is 0 Å². The van der Waals surface area contributed by atoms with Gasteiger partial charge in [0.15, 0.2) is 0 Å². The third-order valence-electron chi connectivity index (χ3n) is 3.93. The van der Waals surface area contributed by atoms with Crippen LogP contribution >= 0.6 is 0 Å². The number of ether oxygens (including phenoxy) is 1. The van der Waals surface area contributed by atoms with Gasteiger partial charge in [0.1, 0.15) is 0 Å². The van der Waals surface area contributed by atoms with E-state index < -0.39 is 17.8 Å². The van der Waals surface area contributed by atoms with Crippen molar-refractivity contribution in [2.75, 3.05) is 7.11 Å². The fourth-order valence-corrected chi connectivity index (χ4v) is 2.81. The zero-order chi connectivity index (χ0) is 15.4. The van der Waals surface area contributed by atoms with Gasteiger partial charge in [0.2, 0.25) is 11.8 Å². The van der Waals surface area contributed by atoms with Gasteiger partial charge in [-0.2, -0.15) is 0 Å². The van der Waals surface area contributed by atoms with Gasteiger partial charge < -0.3 is 15.2 Å². The van der Waals surface area contributed by atoms with Crippen LogP contribution in [0.2, 0.25) is 0 Å². The van der Waals surface area contributed by atoms with Crippen LogP contribution in [0.1, 0.15) is 25.3 Å². The number of nitrogens with one attached hydrogen (secondary N) is 1. The summed E-state index contributed by atoms with van der Waals surface area (Å²) < 4.78 is 4.96. The van der Waals surface area contributed by atoms with Gasteiger partial charge >= 0.3 is 5.97 Å². The molecule has 6 nitrogen and oxygen atoms in total. The SMILES string of the molecule is COc1ccc(CNC(=O)C2CC(C)CC2C(=O)O)cn1. The van der Waals surface area contributed by atoms with Crippen molar-refractivity contribution in [3.8, 4) is 5.88 Å². The fourth-order valence-electron chi connectivity index (χ4n) is 2.81. The number of carbonyl (C=O) groups is 2. The minimum absolute atomic E-state index is 0.192. The Bertz CT molecular complexity index is 515. The zero-order valence-electron chi connectivity index (χ0n) is 12.2. The molecule has 1 saturated carbocycles. The van der Waals surface area contributed by atoms with Gasteiger partial charge in [-0.3, -0.25) is 9.59 Å². The van der Waals surface area contributed by atoms with E-state index in [2.05, 4.69) is 10.3 Å². The van der Waals surface area contributed by atoms with Crippen LogP contribution in [-0.2, 0) is 16.1 Å². The first kappa shape index (κ1) is 15.3. The molecule has 1 aliphatic carbocycles. The summed E-state index contributed by atoms with van der Waals surface area (Å²) in [4.78, 5) is 27.4. The summed E-state index contributed by atoms with van der Waals surface area (Å²) >= 11 is 0. The lowest BCUT2D eigenvalue weighted by Crippen LogP contribution is -2.34. The van der Waals surface area contributed by atoms with Gasteiger partial charge in [0, 0.05) is 18.8 Å². The van der Waals surface area contributed by atoms with Crippen molar-refractivity contribution < 1.29 is 19.4 Å². The van der Waals surface area contributed by atoms with E-state index in [9.17, 15) is 14.7 Å². The first-order valence-electron chi connectivity index (χ1n) is 7.00. The first-order chi connectivity index (χ1) is 10.0. The maximum absolute atomic E-state index is 12.2. The summed E-state index contributed by atoms with van der Waals surface area (Å²) in [6.45, 7) is 2.32. The molecule has 2 rings (SSSR count). The Hall–Kier alpha value is -2.11. The van der Waals surface area contributed by atoms with E-state index in [1.54, 1.807) is 12.3 Å². The molecule has 1 aliphatic rings. The summed E-state index contributed by atoms with van der Waals surface area (Å²) in [7, 11) is 1.54. The number of methoxy groups -OCH3 is 1. The van der Waals surface area contributed by atoms with Crippen molar-refractivity contribution in [3.63, 3.8) is 0 Å². The largest absolute Gasteiger partial charge is 0.481 e. The number of amides is 1. The Morgan fingerprint density at radius 1 is 1.38 bits per heavy atom. The molecule has 0 aliphatic heterocycles. The molecule has 0 spiro atoms. The first-order valence-corrected chi connectivity index (χ1v) is 7.00. The highest BCUT2D eigenvalue weighted by molar-refractivity contribution is 5.85. The number of pyridine rings is 1. The molecule has 1 heterocycles. The Morgan fingerprint density at radius 2 is 2.10 bits per heavy atom. The van der Waals surface area contributed by atoms with Crippen LogP contribution < -0.4 is 10.1 Å². The normalized spacial score (nSPS) is 24.6. The van der Waals surface area contributed by atoms with Crippen molar-refractivity contribution in [1.82, 2.24) is 10.3 Å². The molecule has 3 unspecified atom stereocenters. The van der Waals surface area contributed by atoms with Crippen molar-refractivity contribution in [3.05, 3.63) is 23.9 Å². The second kappa shape index (κ2) is 6.56. The number of hydrogen-bond donors (Lipinski definition) is 2. The van der Waals surface area contributed by atoms with Crippen LogP contribution in [0.5, 0.6) is 5.88 Å². The van der Waals surface area contributed by atoms with E-state index in [4.69, 9.17) is 4.74 Å². The summed E-state index contributed by atoms with van der Waals surface area (Å²) in [5.74, 6) is -1.31. The molecule has 1 fully saturated rings. The van der Waals surface area contributed by atoms with E-state index in [0.717, 1.165) is 5.56 Å². The number of rotatable bonds is 5. The van der Waals surface area contributed by atoms with Gasteiger partial charge in [-0.1, -0.05) is 13.0 Å². The molecule has 2 N–H and O–H groups in total. The lowest BCUT2D eigenvalue weighted by molar-refractivity contribution is -0.146. The topological polar surface area (TPSA) is 88.5 Å². The number of nitrogens with zero attached hydrogens (tertiary/aromatic N) is 1. The molecule has 0 saturated heterocycles. The maximum atomic E-state index is 12.2. The second-order valence-corrected chi connectivity index (χ2v) is 5.55. The molecule has 0 radical (unpaired) electrons. The van der Waals surface area contributed by atoms with Crippen molar-refractivity contribution in [2.24, 2.45) is 17.8 Å². The zero-order valence-corrected chi connectivity index (χ0v) is 12.2. The van der Waals surface area contributed by atoms with Gasteiger partial charge in [0.05, 0.1) is 18.9 Å². The van der Waals surface area contributed by atoms with Crippen LogP contribution in [0.3, 0.4) is 0 Å². The lowest BCUT2D eigenvalue weighted by Gasteiger charge is -2.15. The summed E-state index contributed by atoms with van der Waals surface area (Å²) in [5.41, 5.74) is 0.849. The number of carbonyl (C=O) groups excluding carboxylic acids is 1. The molecule has 114 valence electrons. The third kappa shape index (κ3) is 3.71. The smallest absolute Gasteiger partial charge is 0.307 e. The minimum Gasteiger partial charge on any atom is -0.481 e. The summed E-state index contributed by atoms with van der Waals surface area (Å²) in [6, 6.07) is 3.54. The molecule has 0 aromatic carbocycles. The van der Waals surface area contributed by atoms with E-state index in [-0.39, 0.29) is 11.8 Å². The van der Waals surface area contributed by atoms with E-state index in [1.165, 1.54) is 7.11 Å². The molecule has 3 atom stereocenters. The van der Waals surface area contributed by atoms with Crippen molar-refractivity contribution in [2.45, 2.75) is 26.3 Å². The quantitative estimate of drug-likeness (QED) is 0.857.